The molecule has 1 radical (unpaired) electrons. The average Bonchev–Trinajstić information content (AvgIpc) is 1.83. The lowest BCUT2D eigenvalue weighted by Crippen LogP contribution is -1.86. The van der Waals surface area contributed by atoms with E-state index in [9.17, 15) is 0 Å². The lowest BCUT2D eigenvalue weighted by atomic mass is 10.1. The molecule has 0 nitrogen and oxygen atoms in total. The lowest BCUT2D eigenvalue weighted by molar-refractivity contribution is 0.572. The van der Waals surface area contributed by atoms with Gasteiger partial charge in [-0.25, -0.2) is 0 Å². The van der Waals surface area contributed by atoms with E-state index in [1.54, 1.807) is 0 Å². The molecule has 0 fully saturated rings. The molecular weight excluding hydrogens is 96.1 g/mol. The molecule has 0 aromatic rings. The summed E-state index contributed by atoms with van der Waals surface area (Å²) in [5, 5.41) is 0. The zero-order chi connectivity index (χ0) is 6.41. The molecule has 0 heterocycles. The summed E-state index contributed by atoms with van der Waals surface area (Å²) in [7, 11) is 0. The standard InChI is InChI=1S/C8H15/c1-4-6-7-8(3)5-2/h4,6,8H,1,5,7H2,2-3H3/b6-4+. The van der Waals surface area contributed by atoms with Gasteiger partial charge in [0.1, 0.15) is 0 Å². The highest BCUT2D eigenvalue weighted by atomic mass is 14.0. The molecule has 0 aromatic carbocycles. The molecule has 0 aliphatic carbocycles. The Labute approximate surface area is 52.6 Å². The van der Waals surface area contributed by atoms with E-state index in [0.717, 1.165) is 5.92 Å². The van der Waals surface area contributed by atoms with Crippen molar-refractivity contribution in [3.63, 3.8) is 0 Å². The second kappa shape index (κ2) is 4.89. The Morgan fingerprint density at radius 2 is 2.25 bits per heavy atom. The molecule has 0 amide bonds. The monoisotopic (exact) mass is 111 g/mol. The van der Waals surface area contributed by atoms with E-state index in [-0.39, 0.29) is 0 Å². The van der Waals surface area contributed by atoms with Crippen LogP contribution in [0.25, 0.3) is 0 Å². The molecule has 0 saturated carbocycles. The molecule has 0 N–H and O–H groups in total. The van der Waals surface area contributed by atoms with Gasteiger partial charge in [-0.2, -0.15) is 0 Å². The predicted molar refractivity (Wildman–Crippen MR) is 38.6 cm³/mol. The number of allylic oxidation sites excluding steroid dienone is 2. The van der Waals surface area contributed by atoms with Gasteiger partial charge in [-0.3, -0.25) is 0 Å². The normalized spacial score (nSPS) is 14.9. The molecule has 0 rings (SSSR count). The summed E-state index contributed by atoms with van der Waals surface area (Å²) in [6.07, 6.45) is 6.44. The van der Waals surface area contributed by atoms with Gasteiger partial charge in [0.15, 0.2) is 0 Å². The number of hydrogen-bond acceptors (Lipinski definition) is 0. The minimum absolute atomic E-state index is 0.827. The van der Waals surface area contributed by atoms with Crippen molar-refractivity contribution in [3.8, 4) is 0 Å². The third-order valence-electron chi connectivity index (χ3n) is 1.40. The molecule has 0 aliphatic heterocycles. The van der Waals surface area contributed by atoms with Crippen LogP contribution < -0.4 is 0 Å². The molecule has 1 unspecified atom stereocenters. The van der Waals surface area contributed by atoms with Crippen LogP contribution in [0.15, 0.2) is 12.2 Å². The van der Waals surface area contributed by atoms with Crippen LogP contribution in [-0.2, 0) is 0 Å². The van der Waals surface area contributed by atoms with E-state index in [1.807, 2.05) is 6.08 Å². The maximum atomic E-state index is 3.61. The first-order valence-electron chi connectivity index (χ1n) is 3.25. The average molecular weight is 111 g/mol. The lowest BCUT2D eigenvalue weighted by Gasteiger charge is -2.00. The van der Waals surface area contributed by atoms with Gasteiger partial charge < -0.3 is 0 Å². The molecule has 0 aliphatic rings. The zero-order valence-electron chi connectivity index (χ0n) is 5.85. The summed E-state index contributed by atoms with van der Waals surface area (Å²) in [5.74, 6) is 0.827. The predicted octanol–water partition coefficient (Wildman–Crippen LogP) is 2.81. The Morgan fingerprint density at radius 3 is 2.62 bits per heavy atom. The second-order valence-corrected chi connectivity index (χ2v) is 2.22. The van der Waals surface area contributed by atoms with E-state index in [4.69, 9.17) is 0 Å². The van der Waals surface area contributed by atoms with Crippen LogP contribution in [0.5, 0.6) is 0 Å². The van der Waals surface area contributed by atoms with Crippen molar-refractivity contribution in [1.29, 1.82) is 0 Å². The van der Waals surface area contributed by atoms with Gasteiger partial charge >= 0.3 is 0 Å². The molecule has 0 saturated heterocycles. The topological polar surface area (TPSA) is 0 Å². The minimum atomic E-state index is 0.827. The number of rotatable bonds is 3. The van der Waals surface area contributed by atoms with E-state index < -0.39 is 0 Å². The van der Waals surface area contributed by atoms with E-state index >= 15 is 0 Å². The molecule has 0 aromatic heterocycles. The summed E-state index contributed by atoms with van der Waals surface area (Å²) < 4.78 is 0. The van der Waals surface area contributed by atoms with Gasteiger partial charge in [-0.05, 0) is 19.3 Å². The van der Waals surface area contributed by atoms with E-state index in [2.05, 4.69) is 26.8 Å². The van der Waals surface area contributed by atoms with Gasteiger partial charge in [0.05, 0.1) is 0 Å². The molecule has 0 spiro atoms. The van der Waals surface area contributed by atoms with E-state index in [0.29, 0.717) is 0 Å². The van der Waals surface area contributed by atoms with Crippen molar-refractivity contribution in [2.45, 2.75) is 26.7 Å². The summed E-state index contributed by atoms with van der Waals surface area (Å²) in [6.45, 7) is 8.07. The Morgan fingerprint density at radius 1 is 1.62 bits per heavy atom. The fraction of sp³-hybridized carbons (Fsp3) is 0.625. The van der Waals surface area contributed by atoms with Crippen molar-refractivity contribution >= 4 is 0 Å². The fourth-order valence-corrected chi connectivity index (χ4v) is 0.495. The second-order valence-electron chi connectivity index (χ2n) is 2.22. The van der Waals surface area contributed by atoms with Gasteiger partial charge in [0, 0.05) is 0 Å². The summed E-state index contributed by atoms with van der Waals surface area (Å²) >= 11 is 0. The van der Waals surface area contributed by atoms with Gasteiger partial charge in [0.25, 0.3) is 0 Å². The Kier molecular flexibility index (Phi) is 4.73. The van der Waals surface area contributed by atoms with Crippen molar-refractivity contribution in [3.05, 3.63) is 19.1 Å². The summed E-state index contributed by atoms with van der Waals surface area (Å²) in [5.41, 5.74) is 0. The highest BCUT2D eigenvalue weighted by Crippen LogP contribution is 2.05. The first kappa shape index (κ1) is 7.74. The largest absolute Gasteiger partial charge is 0.0883 e. The van der Waals surface area contributed by atoms with Crippen molar-refractivity contribution < 1.29 is 0 Å². The molecule has 1 atom stereocenters. The fourth-order valence-electron chi connectivity index (χ4n) is 0.495. The van der Waals surface area contributed by atoms with Crippen LogP contribution in [0, 0.1) is 12.8 Å². The van der Waals surface area contributed by atoms with Crippen LogP contribution in [0.3, 0.4) is 0 Å². The Bertz CT molecular complexity index is 62.4. The van der Waals surface area contributed by atoms with Crippen molar-refractivity contribution in [2.75, 3.05) is 0 Å². The third kappa shape index (κ3) is 3.91. The maximum Gasteiger partial charge on any atom is -0.0316 e. The molecular formula is C8H15. The summed E-state index contributed by atoms with van der Waals surface area (Å²) in [6, 6.07) is 0. The molecule has 0 heteroatoms. The van der Waals surface area contributed by atoms with Crippen LogP contribution in [-0.4, -0.2) is 0 Å². The van der Waals surface area contributed by atoms with E-state index in [1.165, 1.54) is 12.8 Å². The van der Waals surface area contributed by atoms with Crippen LogP contribution >= 0.6 is 0 Å². The minimum Gasteiger partial charge on any atom is -0.0883 e. The number of hydrogen-bond donors (Lipinski definition) is 0. The van der Waals surface area contributed by atoms with Crippen LogP contribution in [0.2, 0.25) is 0 Å². The Balaban J connectivity index is 3.10. The van der Waals surface area contributed by atoms with Crippen molar-refractivity contribution in [2.24, 2.45) is 5.92 Å². The van der Waals surface area contributed by atoms with Gasteiger partial charge in [0.2, 0.25) is 0 Å². The SMILES string of the molecule is [CH2]/C=C/CC(C)CC. The molecule has 47 valence electrons. The maximum absolute atomic E-state index is 3.61. The van der Waals surface area contributed by atoms with Crippen LogP contribution in [0.1, 0.15) is 26.7 Å². The first-order valence-corrected chi connectivity index (χ1v) is 3.25. The summed E-state index contributed by atoms with van der Waals surface area (Å²) in [4.78, 5) is 0. The van der Waals surface area contributed by atoms with Gasteiger partial charge in [-0.1, -0.05) is 32.4 Å². The van der Waals surface area contributed by atoms with Gasteiger partial charge in [-0.15, -0.1) is 0 Å². The highest BCUT2D eigenvalue weighted by molar-refractivity contribution is 4.84. The molecule has 8 heavy (non-hydrogen) atoms. The van der Waals surface area contributed by atoms with Crippen LogP contribution in [0.4, 0.5) is 0 Å². The zero-order valence-corrected chi connectivity index (χ0v) is 5.85. The third-order valence-corrected chi connectivity index (χ3v) is 1.40. The first-order chi connectivity index (χ1) is 3.81. The van der Waals surface area contributed by atoms with Crippen molar-refractivity contribution in [1.82, 2.24) is 0 Å². The smallest absolute Gasteiger partial charge is 0.0316 e. The highest BCUT2D eigenvalue weighted by Gasteiger charge is 1.91. The molecule has 0 bridgehead atoms. The quantitative estimate of drug-likeness (QED) is 0.525. The Hall–Kier alpha value is -0.260.